The van der Waals surface area contributed by atoms with Gasteiger partial charge in [-0.1, -0.05) is 41.8 Å². The largest absolute Gasteiger partial charge is 0.497 e. The first-order valence-electron chi connectivity index (χ1n) is 10.8. The lowest BCUT2D eigenvalue weighted by molar-refractivity contribution is 0.0939. The Morgan fingerprint density at radius 1 is 1.06 bits per heavy atom. The molecule has 0 saturated carbocycles. The smallest absolute Gasteiger partial charge is 0.270 e. The van der Waals surface area contributed by atoms with Gasteiger partial charge < -0.3 is 15.0 Å². The van der Waals surface area contributed by atoms with Gasteiger partial charge in [-0.05, 0) is 62.3 Å². The third-order valence-electron chi connectivity index (χ3n) is 5.62. The van der Waals surface area contributed by atoms with Gasteiger partial charge in [0.25, 0.3) is 5.91 Å². The minimum Gasteiger partial charge on any atom is -0.497 e. The first kappa shape index (κ1) is 22.6. The van der Waals surface area contributed by atoms with Gasteiger partial charge >= 0.3 is 0 Å². The molecule has 1 N–H and O–H groups in total. The van der Waals surface area contributed by atoms with Gasteiger partial charge in [0.2, 0.25) is 0 Å². The van der Waals surface area contributed by atoms with E-state index in [0.717, 1.165) is 30.9 Å². The maximum Gasteiger partial charge on any atom is 0.270 e. The minimum atomic E-state index is -0.185. The lowest BCUT2D eigenvalue weighted by Gasteiger charge is -2.26. The summed E-state index contributed by atoms with van der Waals surface area (Å²) in [5, 5.41) is 8.60. The molecule has 0 aliphatic carbocycles. The zero-order chi connectivity index (χ0) is 22.5. The van der Waals surface area contributed by atoms with Crippen molar-refractivity contribution in [2.75, 3.05) is 33.3 Å². The number of nitrogens with one attached hydrogen (secondary N) is 1. The number of nitrogens with zero attached hydrogens (tertiary/aromatic N) is 3. The van der Waals surface area contributed by atoms with Crippen LogP contribution in [0.5, 0.6) is 5.75 Å². The first-order valence-corrected chi connectivity index (χ1v) is 11.5. The number of hydrogen-bond donors (Lipinski definition) is 1. The van der Waals surface area contributed by atoms with E-state index in [0.29, 0.717) is 33.7 Å². The van der Waals surface area contributed by atoms with E-state index in [1.807, 2.05) is 24.3 Å². The average Bonchev–Trinajstić information content (AvgIpc) is 3.27. The zero-order valence-corrected chi connectivity index (χ0v) is 19.5. The van der Waals surface area contributed by atoms with Gasteiger partial charge in [0.1, 0.15) is 11.4 Å². The summed E-state index contributed by atoms with van der Waals surface area (Å²) < 4.78 is 6.94. The SMILES string of the molecule is COc1cccc(-c2cc(C(=O)NCCN3CCCCC3)n(-c3ccc(Cl)c(Cl)c3)n2)c1. The highest BCUT2D eigenvalue weighted by atomic mass is 35.5. The molecule has 4 rings (SSSR count). The van der Waals surface area contributed by atoms with E-state index in [4.69, 9.17) is 33.0 Å². The summed E-state index contributed by atoms with van der Waals surface area (Å²) in [5.41, 5.74) is 2.61. The number of rotatable bonds is 7. The second-order valence-corrected chi connectivity index (χ2v) is 8.63. The van der Waals surface area contributed by atoms with Crippen LogP contribution >= 0.6 is 23.2 Å². The van der Waals surface area contributed by atoms with Crippen LogP contribution in [0, 0.1) is 0 Å². The number of aromatic nitrogens is 2. The average molecular weight is 473 g/mol. The minimum absolute atomic E-state index is 0.185. The number of amides is 1. The van der Waals surface area contributed by atoms with Crippen LogP contribution in [-0.2, 0) is 0 Å². The highest BCUT2D eigenvalue weighted by Crippen LogP contribution is 2.28. The molecule has 32 heavy (non-hydrogen) atoms. The molecule has 1 saturated heterocycles. The molecule has 168 valence electrons. The fourth-order valence-corrected chi connectivity index (χ4v) is 4.17. The van der Waals surface area contributed by atoms with Crippen LogP contribution in [0.3, 0.4) is 0 Å². The molecule has 0 bridgehead atoms. The van der Waals surface area contributed by atoms with Gasteiger partial charge in [-0.15, -0.1) is 0 Å². The summed E-state index contributed by atoms with van der Waals surface area (Å²) in [4.78, 5) is 15.5. The van der Waals surface area contributed by atoms with E-state index >= 15 is 0 Å². The quantitative estimate of drug-likeness (QED) is 0.521. The molecule has 1 aromatic heterocycles. The topological polar surface area (TPSA) is 59.4 Å². The standard InChI is InChI=1S/C24H26Cl2N4O2/c1-32-19-7-5-6-17(14-19)22-16-23(24(31)27-10-13-29-11-3-2-4-12-29)30(28-22)18-8-9-20(25)21(26)15-18/h5-9,14-16H,2-4,10-13H2,1H3,(H,27,31). The Bertz CT molecular complexity index is 1090. The molecule has 8 heteroatoms. The number of carbonyl (C=O) groups excluding carboxylic acids is 1. The third kappa shape index (κ3) is 5.26. The van der Waals surface area contributed by atoms with Crippen LogP contribution < -0.4 is 10.1 Å². The van der Waals surface area contributed by atoms with Gasteiger partial charge in [-0.2, -0.15) is 5.10 Å². The van der Waals surface area contributed by atoms with Crippen LogP contribution in [0.1, 0.15) is 29.8 Å². The molecule has 1 fully saturated rings. The van der Waals surface area contributed by atoms with Crippen molar-refractivity contribution >= 4 is 29.1 Å². The molecular formula is C24H26Cl2N4O2. The lowest BCUT2D eigenvalue weighted by Crippen LogP contribution is -2.38. The van der Waals surface area contributed by atoms with Crippen molar-refractivity contribution in [2.24, 2.45) is 0 Å². The summed E-state index contributed by atoms with van der Waals surface area (Å²) in [7, 11) is 1.62. The van der Waals surface area contributed by atoms with Gasteiger partial charge in [0, 0.05) is 18.7 Å². The van der Waals surface area contributed by atoms with Crippen LogP contribution in [0.15, 0.2) is 48.5 Å². The molecule has 2 aromatic carbocycles. The normalized spacial score (nSPS) is 14.3. The van der Waals surface area contributed by atoms with Crippen LogP contribution in [0.25, 0.3) is 16.9 Å². The van der Waals surface area contributed by atoms with E-state index in [-0.39, 0.29) is 5.91 Å². The third-order valence-corrected chi connectivity index (χ3v) is 6.36. The summed E-state index contributed by atoms with van der Waals surface area (Å²) in [6.45, 7) is 3.61. The monoisotopic (exact) mass is 472 g/mol. The van der Waals surface area contributed by atoms with Crippen molar-refractivity contribution in [3.05, 3.63) is 64.3 Å². The number of hydrogen-bond acceptors (Lipinski definition) is 4. The molecule has 0 atom stereocenters. The Morgan fingerprint density at radius 3 is 2.62 bits per heavy atom. The van der Waals surface area contributed by atoms with E-state index in [1.54, 1.807) is 36.1 Å². The van der Waals surface area contributed by atoms with Crippen molar-refractivity contribution in [3.63, 3.8) is 0 Å². The Labute approximate surface area is 198 Å². The number of carbonyl (C=O) groups is 1. The number of likely N-dealkylation sites (tertiary alicyclic amines) is 1. The molecule has 6 nitrogen and oxygen atoms in total. The van der Waals surface area contributed by atoms with Crippen molar-refractivity contribution < 1.29 is 9.53 Å². The predicted octanol–water partition coefficient (Wildman–Crippen LogP) is 5.07. The highest BCUT2D eigenvalue weighted by molar-refractivity contribution is 6.42. The number of methoxy groups -OCH3 is 1. The number of halogens is 2. The van der Waals surface area contributed by atoms with Gasteiger partial charge in [-0.25, -0.2) is 4.68 Å². The summed E-state index contributed by atoms with van der Waals surface area (Å²) in [5.74, 6) is 0.536. The van der Waals surface area contributed by atoms with E-state index in [2.05, 4.69) is 10.2 Å². The maximum absolute atomic E-state index is 13.1. The number of benzene rings is 2. The fourth-order valence-electron chi connectivity index (χ4n) is 3.88. The van der Waals surface area contributed by atoms with Crippen molar-refractivity contribution in [2.45, 2.75) is 19.3 Å². The number of piperidine rings is 1. The van der Waals surface area contributed by atoms with Gasteiger partial charge in [-0.3, -0.25) is 4.79 Å². The van der Waals surface area contributed by atoms with Crippen molar-refractivity contribution in [1.82, 2.24) is 20.0 Å². The molecule has 0 unspecified atom stereocenters. The Balaban J connectivity index is 1.61. The van der Waals surface area contributed by atoms with Crippen LogP contribution in [0.2, 0.25) is 10.0 Å². The highest BCUT2D eigenvalue weighted by Gasteiger charge is 2.19. The van der Waals surface area contributed by atoms with Gasteiger partial charge in [0.15, 0.2) is 0 Å². The molecular weight excluding hydrogens is 447 g/mol. The first-order chi connectivity index (χ1) is 15.5. The van der Waals surface area contributed by atoms with Crippen molar-refractivity contribution in [3.8, 4) is 22.7 Å². The van der Waals surface area contributed by atoms with E-state index in [1.165, 1.54) is 19.3 Å². The number of ether oxygens (including phenoxy) is 1. The summed E-state index contributed by atoms with van der Waals surface area (Å²) >= 11 is 12.3. The Hall–Kier alpha value is -2.54. The molecule has 0 radical (unpaired) electrons. The zero-order valence-electron chi connectivity index (χ0n) is 18.0. The molecule has 1 aliphatic rings. The second kappa shape index (κ2) is 10.4. The molecule has 1 amide bonds. The fraction of sp³-hybridized carbons (Fsp3) is 0.333. The predicted molar refractivity (Wildman–Crippen MR) is 128 cm³/mol. The molecule has 0 spiro atoms. The Kier molecular flexibility index (Phi) is 7.35. The van der Waals surface area contributed by atoms with Crippen LogP contribution in [0.4, 0.5) is 0 Å². The van der Waals surface area contributed by atoms with E-state index in [9.17, 15) is 4.79 Å². The van der Waals surface area contributed by atoms with Crippen molar-refractivity contribution in [1.29, 1.82) is 0 Å². The second-order valence-electron chi connectivity index (χ2n) is 7.82. The molecule has 1 aliphatic heterocycles. The summed E-state index contributed by atoms with van der Waals surface area (Å²) in [6, 6.07) is 14.6. The molecule has 3 aromatic rings. The maximum atomic E-state index is 13.1. The summed E-state index contributed by atoms with van der Waals surface area (Å²) in [6.07, 6.45) is 3.74. The molecule has 2 heterocycles. The van der Waals surface area contributed by atoms with E-state index < -0.39 is 0 Å². The Morgan fingerprint density at radius 2 is 1.88 bits per heavy atom. The van der Waals surface area contributed by atoms with Gasteiger partial charge in [0.05, 0.1) is 28.5 Å². The lowest BCUT2D eigenvalue weighted by atomic mass is 10.1. The van der Waals surface area contributed by atoms with Crippen LogP contribution in [-0.4, -0.2) is 53.9 Å².